The van der Waals surface area contributed by atoms with Crippen LogP contribution in [-0.2, 0) is 6.54 Å². The second-order valence-electron chi connectivity index (χ2n) is 4.87. The molecule has 1 aromatic heterocycles. The topological polar surface area (TPSA) is 45.2 Å². The van der Waals surface area contributed by atoms with Crippen molar-refractivity contribution < 1.29 is 5.11 Å². The molecule has 0 aromatic carbocycles. The van der Waals surface area contributed by atoms with E-state index in [1.165, 1.54) is 24.0 Å². The molecule has 88 valence electrons. The van der Waals surface area contributed by atoms with E-state index in [4.69, 9.17) is 0 Å². The van der Waals surface area contributed by atoms with Crippen LogP contribution in [0.4, 0.5) is 0 Å². The van der Waals surface area contributed by atoms with Crippen molar-refractivity contribution >= 4 is 0 Å². The molecule has 0 unspecified atom stereocenters. The number of nitrogens with one attached hydrogen (secondary N) is 1. The van der Waals surface area contributed by atoms with Crippen LogP contribution in [0.5, 0.6) is 0 Å². The fourth-order valence-electron chi connectivity index (χ4n) is 2.45. The maximum absolute atomic E-state index is 9.47. The molecular formula is C13H20N2O. The number of nitrogens with zero attached hydrogens (tertiary/aromatic N) is 1. The number of pyridine rings is 1. The van der Waals surface area contributed by atoms with Gasteiger partial charge in [-0.25, -0.2) is 0 Å². The van der Waals surface area contributed by atoms with Gasteiger partial charge in [-0.1, -0.05) is 18.9 Å². The highest BCUT2D eigenvalue weighted by atomic mass is 16.3. The van der Waals surface area contributed by atoms with Crippen molar-refractivity contribution in [1.82, 2.24) is 10.3 Å². The second-order valence-corrected chi connectivity index (χ2v) is 4.87. The summed E-state index contributed by atoms with van der Waals surface area (Å²) >= 11 is 0. The maximum Gasteiger partial charge on any atom is 0.0613 e. The van der Waals surface area contributed by atoms with Gasteiger partial charge in [0.05, 0.1) is 6.61 Å². The first kappa shape index (κ1) is 11.6. The zero-order valence-electron chi connectivity index (χ0n) is 9.87. The molecule has 1 saturated carbocycles. The molecule has 3 nitrogen and oxygen atoms in total. The zero-order valence-corrected chi connectivity index (χ0v) is 9.87. The highest BCUT2D eigenvalue weighted by molar-refractivity contribution is 5.16. The Morgan fingerprint density at radius 1 is 1.38 bits per heavy atom. The molecular weight excluding hydrogens is 200 g/mol. The molecule has 0 bridgehead atoms. The van der Waals surface area contributed by atoms with Gasteiger partial charge in [-0.2, -0.15) is 0 Å². The number of aliphatic hydroxyl groups is 1. The predicted molar refractivity (Wildman–Crippen MR) is 64.1 cm³/mol. The zero-order chi connectivity index (χ0) is 11.4. The Kier molecular flexibility index (Phi) is 3.56. The van der Waals surface area contributed by atoms with Crippen LogP contribution >= 0.6 is 0 Å². The van der Waals surface area contributed by atoms with Gasteiger partial charge in [0.15, 0.2) is 0 Å². The van der Waals surface area contributed by atoms with Crippen LogP contribution in [0.3, 0.4) is 0 Å². The molecule has 1 aliphatic rings. The summed E-state index contributed by atoms with van der Waals surface area (Å²) in [5.41, 5.74) is 2.34. The summed E-state index contributed by atoms with van der Waals surface area (Å²) < 4.78 is 0. The third-order valence-corrected chi connectivity index (χ3v) is 3.46. The largest absolute Gasteiger partial charge is 0.394 e. The molecule has 1 fully saturated rings. The van der Waals surface area contributed by atoms with Crippen molar-refractivity contribution in [2.75, 3.05) is 6.61 Å². The van der Waals surface area contributed by atoms with Gasteiger partial charge < -0.3 is 10.4 Å². The molecule has 0 spiro atoms. The van der Waals surface area contributed by atoms with Crippen molar-refractivity contribution in [1.29, 1.82) is 0 Å². The average Bonchev–Trinajstić information content (AvgIpc) is 2.76. The highest BCUT2D eigenvalue weighted by Gasteiger charge is 2.32. The van der Waals surface area contributed by atoms with Crippen molar-refractivity contribution in [2.45, 2.75) is 44.7 Å². The smallest absolute Gasteiger partial charge is 0.0613 e. The van der Waals surface area contributed by atoms with Gasteiger partial charge in [-0.15, -0.1) is 0 Å². The normalized spacial score (nSPS) is 18.9. The van der Waals surface area contributed by atoms with Gasteiger partial charge in [-0.3, -0.25) is 4.98 Å². The molecule has 0 saturated heterocycles. The van der Waals surface area contributed by atoms with E-state index in [0.29, 0.717) is 0 Å². The minimum Gasteiger partial charge on any atom is -0.394 e. The van der Waals surface area contributed by atoms with E-state index in [1.807, 2.05) is 19.3 Å². The molecule has 3 heteroatoms. The summed E-state index contributed by atoms with van der Waals surface area (Å²) in [6, 6.07) is 2.14. The predicted octanol–water partition coefficient (Wildman–Crippen LogP) is 1.78. The van der Waals surface area contributed by atoms with Crippen molar-refractivity contribution in [3.63, 3.8) is 0 Å². The van der Waals surface area contributed by atoms with E-state index in [-0.39, 0.29) is 12.1 Å². The van der Waals surface area contributed by atoms with E-state index < -0.39 is 0 Å². The van der Waals surface area contributed by atoms with Crippen LogP contribution in [0.2, 0.25) is 0 Å². The van der Waals surface area contributed by atoms with Crippen LogP contribution in [0.25, 0.3) is 0 Å². The SMILES string of the molecule is Cc1cncc(CNC2(CO)CCCC2)c1. The Morgan fingerprint density at radius 3 is 2.75 bits per heavy atom. The first-order chi connectivity index (χ1) is 7.74. The molecule has 0 radical (unpaired) electrons. The summed E-state index contributed by atoms with van der Waals surface area (Å²) in [7, 11) is 0. The first-order valence-corrected chi connectivity index (χ1v) is 6.01. The lowest BCUT2D eigenvalue weighted by molar-refractivity contribution is 0.163. The number of aliphatic hydroxyl groups excluding tert-OH is 1. The summed E-state index contributed by atoms with van der Waals surface area (Å²) in [6.07, 6.45) is 8.37. The third-order valence-electron chi connectivity index (χ3n) is 3.46. The van der Waals surface area contributed by atoms with Crippen LogP contribution in [0.15, 0.2) is 18.5 Å². The summed E-state index contributed by atoms with van der Waals surface area (Å²) in [5.74, 6) is 0. The Labute approximate surface area is 96.9 Å². The second kappa shape index (κ2) is 4.93. The summed E-state index contributed by atoms with van der Waals surface area (Å²) in [5, 5.41) is 13.0. The minimum atomic E-state index is -0.0380. The van der Waals surface area contributed by atoms with Gasteiger partial charge in [-0.05, 0) is 30.9 Å². The van der Waals surface area contributed by atoms with Gasteiger partial charge in [0.1, 0.15) is 0 Å². The molecule has 0 amide bonds. The molecule has 2 N–H and O–H groups in total. The summed E-state index contributed by atoms with van der Waals surface area (Å²) in [6.45, 7) is 3.09. The number of aromatic nitrogens is 1. The minimum absolute atomic E-state index is 0.0380. The Bertz CT molecular complexity index is 346. The van der Waals surface area contributed by atoms with Crippen LogP contribution < -0.4 is 5.32 Å². The fraction of sp³-hybridized carbons (Fsp3) is 0.615. The van der Waals surface area contributed by atoms with Crippen molar-refractivity contribution in [3.8, 4) is 0 Å². The third kappa shape index (κ3) is 2.60. The van der Waals surface area contributed by atoms with Crippen molar-refractivity contribution in [2.24, 2.45) is 0 Å². The lowest BCUT2D eigenvalue weighted by Crippen LogP contribution is -2.45. The number of hydrogen-bond acceptors (Lipinski definition) is 3. The first-order valence-electron chi connectivity index (χ1n) is 6.01. The lowest BCUT2D eigenvalue weighted by atomic mass is 9.98. The molecule has 16 heavy (non-hydrogen) atoms. The standard InChI is InChI=1S/C13H20N2O/c1-11-6-12(8-14-7-11)9-15-13(10-16)4-2-3-5-13/h6-8,15-16H,2-5,9-10H2,1H3. The Balaban J connectivity index is 1.95. The van der Waals surface area contributed by atoms with Gasteiger partial charge in [0.2, 0.25) is 0 Å². The number of hydrogen-bond donors (Lipinski definition) is 2. The number of rotatable bonds is 4. The molecule has 2 rings (SSSR count). The van der Waals surface area contributed by atoms with Gasteiger partial charge in [0, 0.05) is 24.5 Å². The summed E-state index contributed by atoms with van der Waals surface area (Å²) in [4.78, 5) is 4.18. The monoisotopic (exact) mass is 220 g/mol. The van der Waals surface area contributed by atoms with E-state index in [9.17, 15) is 5.11 Å². The molecule has 1 aliphatic carbocycles. The Morgan fingerprint density at radius 2 is 2.12 bits per heavy atom. The Hall–Kier alpha value is -0.930. The van der Waals surface area contributed by atoms with Crippen LogP contribution in [0, 0.1) is 6.92 Å². The van der Waals surface area contributed by atoms with E-state index in [2.05, 4.69) is 16.4 Å². The van der Waals surface area contributed by atoms with E-state index in [1.54, 1.807) is 0 Å². The lowest BCUT2D eigenvalue weighted by Gasteiger charge is -2.28. The molecule has 1 aromatic rings. The van der Waals surface area contributed by atoms with Gasteiger partial charge >= 0.3 is 0 Å². The maximum atomic E-state index is 9.47. The highest BCUT2D eigenvalue weighted by Crippen LogP contribution is 2.29. The van der Waals surface area contributed by atoms with Crippen LogP contribution in [-0.4, -0.2) is 22.2 Å². The molecule has 0 atom stereocenters. The molecule has 1 heterocycles. The quantitative estimate of drug-likeness (QED) is 0.813. The number of aryl methyl sites for hydroxylation is 1. The average molecular weight is 220 g/mol. The van der Waals surface area contributed by atoms with Gasteiger partial charge in [0.25, 0.3) is 0 Å². The van der Waals surface area contributed by atoms with E-state index in [0.717, 1.165) is 19.4 Å². The van der Waals surface area contributed by atoms with E-state index >= 15 is 0 Å². The van der Waals surface area contributed by atoms with Crippen LogP contribution in [0.1, 0.15) is 36.8 Å². The van der Waals surface area contributed by atoms with Crippen molar-refractivity contribution in [3.05, 3.63) is 29.6 Å². The fourth-order valence-corrected chi connectivity index (χ4v) is 2.45. The molecule has 0 aliphatic heterocycles.